The minimum absolute atomic E-state index is 0.316. The molecule has 0 aliphatic rings. The van der Waals surface area contributed by atoms with Crippen LogP contribution in [0, 0.1) is 0 Å². The maximum Gasteiger partial charge on any atom is 0.337 e. The molecule has 0 saturated carbocycles. The average molecular weight is 183 g/mol. The summed E-state index contributed by atoms with van der Waals surface area (Å²) in [7, 11) is 0. The summed E-state index contributed by atoms with van der Waals surface area (Å²) in [6, 6.07) is 1.58. The lowest BCUT2D eigenvalue weighted by atomic mass is 10.4. The van der Waals surface area contributed by atoms with Crippen LogP contribution in [0.5, 0.6) is 0 Å². The molecule has 0 unspecified atom stereocenters. The largest absolute Gasteiger partial charge is 0.478 e. The number of nitrogens with zero attached hydrogens (tertiary/aromatic N) is 1. The van der Waals surface area contributed by atoms with E-state index in [-0.39, 0.29) is 0 Å². The predicted molar refractivity (Wildman–Crippen MR) is 47.9 cm³/mol. The van der Waals surface area contributed by atoms with Gasteiger partial charge >= 0.3 is 5.97 Å². The summed E-state index contributed by atoms with van der Waals surface area (Å²) in [6.45, 7) is 3.93. The first kappa shape index (κ1) is 9.80. The van der Waals surface area contributed by atoms with Crippen molar-refractivity contribution >= 4 is 5.97 Å². The van der Waals surface area contributed by atoms with Gasteiger partial charge in [0, 0.05) is 25.5 Å². The quantitative estimate of drug-likeness (QED) is 0.698. The molecule has 0 aliphatic heterocycles. The molecule has 0 radical (unpaired) electrons. The van der Waals surface area contributed by atoms with Crippen molar-refractivity contribution in [2.24, 2.45) is 0 Å². The van der Waals surface area contributed by atoms with Crippen LogP contribution >= 0.6 is 0 Å². The Morgan fingerprint density at radius 3 is 3.00 bits per heavy atom. The van der Waals surface area contributed by atoms with Gasteiger partial charge in [-0.15, -0.1) is 0 Å². The Morgan fingerprint density at radius 2 is 2.46 bits per heavy atom. The molecule has 1 N–H and O–H groups in total. The van der Waals surface area contributed by atoms with E-state index in [9.17, 15) is 4.79 Å². The minimum atomic E-state index is -0.893. The highest BCUT2D eigenvalue weighted by molar-refractivity contribution is 5.87. The lowest BCUT2D eigenvalue weighted by molar-refractivity contribution is 0.0696. The van der Waals surface area contributed by atoms with Crippen molar-refractivity contribution in [2.45, 2.75) is 13.5 Å². The van der Waals surface area contributed by atoms with Gasteiger partial charge in [-0.25, -0.2) is 4.79 Å². The van der Waals surface area contributed by atoms with Gasteiger partial charge < -0.3 is 14.4 Å². The molecular formula is C9H13NO3. The number of aromatic carboxylic acids is 1. The lowest BCUT2D eigenvalue weighted by Crippen LogP contribution is -2.03. The Labute approximate surface area is 76.7 Å². The second kappa shape index (κ2) is 4.67. The average Bonchev–Trinajstić information content (AvgIpc) is 2.53. The Kier molecular flexibility index (Phi) is 3.52. The van der Waals surface area contributed by atoms with E-state index in [4.69, 9.17) is 9.84 Å². The lowest BCUT2D eigenvalue weighted by Gasteiger charge is -2.01. The fraction of sp³-hybridized carbons (Fsp3) is 0.444. The fourth-order valence-electron chi connectivity index (χ4n) is 1.02. The summed E-state index contributed by atoms with van der Waals surface area (Å²) in [5, 5.41) is 8.63. The number of ether oxygens (including phenoxy) is 1. The molecule has 72 valence electrons. The summed E-state index contributed by atoms with van der Waals surface area (Å²) < 4.78 is 6.94. The number of rotatable bonds is 5. The summed E-state index contributed by atoms with van der Waals surface area (Å²) in [4.78, 5) is 10.5. The van der Waals surface area contributed by atoms with Gasteiger partial charge in [-0.2, -0.15) is 0 Å². The molecule has 4 nitrogen and oxygen atoms in total. The number of aromatic nitrogens is 1. The van der Waals surface area contributed by atoms with E-state index in [1.807, 2.05) is 6.92 Å². The van der Waals surface area contributed by atoms with Gasteiger partial charge in [-0.3, -0.25) is 0 Å². The van der Waals surface area contributed by atoms with Gasteiger partial charge in [-0.1, -0.05) is 0 Å². The molecule has 0 aromatic carbocycles. The molecule has 0 saturated heterocycles. The fourth-order valence-corrected chi connectivity index (χ4v) is 1.02. The van der Waals surface area contributed by atoms with Crippen LogP contribution in [0.4, 0.5) is 0 Å². The zero-order valence-corrected chi connectivity index (χ0v) is 7.56. The number of carbonyl (C=O) groups is 1. The minimum Gasteiger partial charge on any atom is -0.478 e. The number of carboxylic acid groups (broad SMARTS) is 1. The van der Waals surface area contributed by atoms with Crippen molar-refractivity contribution in [1.29, 1.82) is 0 Å². The van der Waals surface area contributed by atoms with Crippen LogP contribution in [0.1, 0.15) is 17.3 Å². The van der Waals surface area contributed by atoms with Crippen LogP contribution in [-0.4, -0.2) is 28.9 Å². The van der Waals surface area contributed by atoms with Gasteiger partial charge in [0.05, 0.1) is 12.2 Å². The van der Waals surface area contributed by atoms with Gasteiger partial charge in [-0.05, 0) is 13.0 Å². The maximum absolute atomic E-state index is 10.5. The second-order valence-electron chi connectivity index (χ2n) is 2.64. The molecule has 1 rings (SSSR count). The number of carboxylic acids is 1. The molecule has 0 fully saturated rings. The zero-order valence-electron chi connectivity index (χ0n) is 7.56. The highest BCUT2D eigenvalue weighted by Gasteiger charge is 2.03. The van der Waals surface area contributed by atoms with Crippen molar-refractivity contribution in [1.82, 2.24) is 4.57 Å². The third-order valence-electron chi connectivity index (χ3n) is 1.70. The zero-order chi connectivity index (χ0) is 9.68. The standard InChI is InChI=1S/C9H13NO3/c1-2-13-6-5-10-4-3-8(7-10)9(11)12/h3-4,7H,2,5-6H2,1H3,(H,11,12). The number of hydrogen-bond donors (Lipinski definition) is 1. The Bertz CT molecular complexity index is 280. The van der Waals surface area contributed by atoms with Crippen molar-refractivity contribution in [3.63, 3.8) is 0 Å². The number of hydrogen-bond acceptors (Lipinski definition) is 2. The molecule has 0 spiro atoms. The van der Waals surface area contributed by atoms with E-state index >= 15 is 0 Å². The van der Waals surface area contributed by atoms with E-state index in [1.54, 1.807) is 23.0 Å². The molecule has 4 heteroatoms. The van der Waals surface area contributed by atoms with E-state index in [2.05, 4.69) is 0 Å². The predicted octanol–water partition coefficient (Wildman–Crippen LogP) is 1.22. The van der Waals surface area contributed by atoms with Gasteiger partial charge in [0.15, 0.2) is 0 Å². The van der Waals surface area contributed by atoms with Crippen LogP contribution in [0.3, 0.4) is 0 Å². The Morgan fingerprint density at radius 1 is 1.69 bits per heavy atom. The molecule has 1 aromatic rings. The summed E-state index contributed by atoms with van der Waals surface area (Å²) in [6.07, 6.45) is 3.34. The highest BCUT2D eigenvalue weighted by atomic mass is 16.5. The molecule has 1 aromatic heterocycles. The molecular weight excluding hydrogens is 170 g/mol. The smallest absolute Gasteiger partial charge is 0.337 e. The normalized spacial score (nSPS) is 10.2. The van der Waals surface area contributed by atoms with Gasteiger partial charge in [0.25, 0.3) is 0 Å². The first-order valence-corrected chi connectivity index (χ1v) is 4.21. The van der Waals surface area contributed by atoms with Crippen molar-refractivity contribution in [2.75, 3.05) is 13.2 Å². The second-order valence-corrected chi connectivity index (χ2v) is 2.64. The first-order chi connectivity index (χ1) is 6.24. The molecule has 1 heterocycles. The Balaban J connectivity index is 2.44. The molecule has 0 aliphatic carbocycles. The Hall–Kier alpha value is -1.29. The molecule has 0 amide bonds. The maximum atomic E-state index is 10.5. The van der Waals surface area contributed by atoms with Gasteiger partial charge in [0.2, 0.25) is 0 Å². The highest BCUT2D eigenvalue weighted by Crippen LogP contribution is 2.00. The van der Waals surface area contributed by atoms with E-state index in [0.717, 1.165) is 0 Å². The van der Waals surface area contributed by atoms with Crippen LogP contribution in [0.25, 0.3) is 0 Å². The van der Waals surface area contributed by atoms with Crippen LogP contribution < -0.4 is 0 Å². The first-order valence-electron chi connectivity index (χ1n) is 4.21. The summed E-state index contributed by atoms with van der Waals surface area (Å²) in [5.74, 6) is -0.893. The molecule has 0 bridgehead atoms. The van der Waals surface area contributed by atoms with Crippen molar-refractivity contribution in [3.05, 3.63) is 24.0 Å². The van der Waals surface area contributed by atoms with Crippen LogP contribution in [0.2, 0.25) is 0 Å². The van der Waals surface area contributed by atoms with Crippen LogP contribution in [-0.2, 0) is 11.3 Å². The summed E-state index contributed by atoms with van der Waals surface area (Å²) >= 11 is 0. The van der Waals surface area contributed by atoms with E-state index in [0.29, 0.717) is 25.3 Å². The third-order valence-corrected chi connectivity index (χ3v) is 1.70. The van der Waals surface area contributed by atoms with E-state index in [1.165, 1.54) is 0 Å². The topological polar surface area (TPSA) is 51.5 Å². The van der Waals surface area contributed by atoms with Crippen molar-refractivity contribution < 1.29 is 14.6 Å². The molecule has 0 atom stereocenters. The van der Waals surface area contributed by atoms with E-state index < -0.39 is 5.97 Å². The van der Waals surface area contributed by atoms with Crippen molar-refractivity contribution in [3.8, 4) is 0 Å². The SMILES string of the molecule is CCOCCn1ccc(C(=O)O)c1. The summed E-state index contributed by atoms with van der Waals surface area (Å²) in [5.41, 5.74) is 0.316. The van der Waals surface area contributed by atoms with Gasteiger partial charge in [0.1, 0.15) is 0 Å². The van der Waals surface area contributed by atoms with Crippen LogP contribution in [0.15, 0.2) is 18.5 Å². The third kappa shape index (κ3) is 2.91. The monoisotopic (exact) mass is 183 g/mol. The molecule has 13 heavy (non-hydrogen) atoms.